The Labute approximate surface area is 119 Å². The Kier molecular flexibility index (Phi) is 10.00. The van der Waals surface area contributed by atoms with Crippen LogP contribution >= 0.6 is 0 Å². The van der Waals surface area contributed by atoms with Gasteiger partial charge in [0.05, 0.1) is 0 Å². The summed E-state index contributed by atoms with van der Waals surface area (Å²) in [6.07, 6.45) is 8.27. The molecular weight excluding hydrogens is 260 g/mol. The molecule has 0 bridgehead atoms. The molecule has 1 atom stereocenters. The van der Waals surface area contributed by atoms with Gasteiger partial charge in [-0.2, -0.15) is 0 Å². The second-order valence-electron chi connectivity index (χ2n) is 4.66. The average Bonchev–Trinajstić information content (AvgIpc) is 2.38. The number of allylic oxidation sites excluding steroid dienone is 1. The van der Waals surface area contributed by atoms with E-state index in [1.54, 1.807) is 6.08 Å². The SMILES string of the molecule is CCCCCC/C=C/C(=O)NC(CCC(N)=O)C(=O)O. The molecule has 0 aromatic heterocycles. The number of aliphatic carboxylic acids is 1. The number of carbonyl (C=O) groups excluding carboxylic acids is 2. The van der Waals surface area contributed by atoms with Crippen molar-refractivity contribution in [1.82, 2.24) is 5.32 Å². The molecule has 0 aromatic carbocycles. The maximum atomic E-state index is 11.5. The van der Waals surface area contributed by atoms with Crippen LogP contribution in [0.4, 0.5) is 0 Å². The summed E-state index contributed by atoms with van der Waals surface area (Å²) in [5.41, 5.74) is 4.95. The third-order valence-electron chi connectivity index (χ3n) is 2.79. The quantitative estimate of drug-likeness (QED) is 0.393. The van der Waals surface area contributed by atoms with Gasteiger partial charge in [-0.3, -0.25) is 9.59 Å². The summed E-state index contributed by atoms with van der Waals surface area (Å²) < 4.78 is 0. The van der Waals surface area contributed by atoms with Crippen molar-refractivity contribution in [3.8, 4) is 0 Å². The highest BCUT2D eigenvalue weighted by Gasteiger charge is 2.19. The van der Waals surface area contributed by atoms with Gasteiger partial charge in [-0.1, -0.05) is 32.3 Å². The molecule has 20 heavy (non-hydrogen) atoms. The van der Waals surface area contributed by atoms with Crippen molar-refractivity contribution in [3.63, 3.8) is 0 Å². The van der Waals surface area contributed by atoms with Gasteiger partial charge in [0, 0.05) is 6.42 Å². The van der Waals surface area contributed by atoms with Crippen LogP contribution < -0.4 is 11.1 Å². The maximum Gasteiger partial charge on any atom is 0.326 e. The topological polar surface area (TPSA) is 109 Å². The molecule has 2 amide bonds. The van der Waals surface area contributed by atoms with E-state index in [-0.39, 0.29) is 12.8 Å². The van der Waals surface area contributed by atoms with Gasteiger partial charge in [0.2, 0.25) is 11.8 Å². The Hall–Kier alpha value is -1.85. The lowest BCUT2D eigenvalue weighted by Gasteiger charge is -2.11. The van der Waals surface area contributed by atoms with Gasteiger partial charge in [0.15, 0.2) is 0 Å². The van der Waals surface area contributed by atoms with Gasteiger partial charge in [0.25, 0.3) is 0 Å². The number of hydrogen-bond donors (Lipinski definition) is 3. The zero-order chi connectivity index (χ0) is 15.4. The van der Waals surface area contributed by atoms with Gasteiger partial charge in [0.1, 0.15) is 6.04 Å². The van der Waals surface area contributed by atoms with Crippen LogP contribution in [0, 0.1) is 0 Å². The summed E-state index contributed by atoms with van der Waals surface area (Å²) in [4.78, 5) is 33.0. The van der Waals surface area contributed by atoms with E-state index in [0.717, 1.165) is 25.7 Å². The Morgan fingerprint density at radius 2 is 1.95 bits per heavy atom. The summed E-state index contributed by atoms with van der Waals surface area (Å²) in [5.74, 6) is -2.22. The van der Waals surface area contributed by atoms with E-state index in [9.17, 15) is 14.4 Å². The Morgan fingerprint density at radius 1 is 1.25 bits per heavy atom. The molecule has 0 heterocycles. The van der Waals surface area contributed by atoms with Crippen LogP contribution in [0.3, 0.4) is 0 Å². The third-order valence-corrected chi connectivity index (χ3v) is 2.79. The number of unbranched alkanes of at least 4 members (excludes halogenated alkanes) is 4. The molecular formula is C14H24N2O4. The molecule has 0 spiro atoms. The number of carbonyl (C=O) groups is 3. The molecule has 114 valence electrons. The van der Waals surface area contributed by atoms with Crippen LogP contribution in [-0.2, 0) is 14.4 Å². The van der Waals surface area contributed by atoms with E-state index < -0.39 is 23.8 Å². The minimum absolute atomic E-state index is 0.000741. The summed E-state index contributed by atoms with van der Waals surface area (Å²) in [6.45, 7) is 2.13. The van der Waals surface area contributed by atoms with Crippen LogP contribution in [-0.4, -0.2) is 28.9 Å². The van der Waals surface area contributed by atoms with Crippen LogP contribution in [0.5, 0.6) is 0 Å². The van der Waals surface area contributed by atoms with E-state index in [1.165, 1.54) is 12.5 Å². The Bertz CT molecular complexity index is 353. The minimum atomic E-state index is -1.17. The molecule has 0 saturated carbocycles. The van der Waals surface area contributed by atoms with E-state index in [1.807, 2.05) is 0 Å². The highest BCUT2D eigenvalue weighted by atomic mass is 16.4. The first-order valence-corrected chi connectivity index (χ1v) is 6.95. The molecule has 0 aliphatic carbocycles. The number of hydrogen-bond acceptors (Lipinski definition) is 3. The van der Waals surface area contributed by atoms with Crippen molar-refractivity contribution in [1.29, 1.82) is 0 Å². The van der Waals surface area contributed by atoms with E-state index in [2.05, 4.69) is 12.2 Å². The number of amides is 2. The molecule has 1 unspecified atom stereocenters. The maximum absolute atomic E-state index is 11.5. The molecule has 0 aromatic rings. The fourth-order valence-corrected chi connectivity index (χ4v) is 1.64. The standard InChI is InChI=1S/C14H24N2O4/c1-2-3-4-5-6-7-8-13(18)16-11(14(19)20)9-10-12(15)17/h7-8,11H,2-6,9-10H2,1H3,(H2,15,17)(H,16,18)(H,19,20)/b8-7+. The van der Waals surface area contributed by atoms with Crippen LogP contribution in [0.25, 0.3) is 0 Å². The molecule has 6 nitrogen and oxygen atoms in total. The fourth-order valence-electron chi connectivity index (χ4n) is 1.64. The number of nitrogens with one attached hydrogen (secondary N) is 1. The van der Waals surface area contributed by atoms with Gasteiger partial charge in [-0.05, 0) is 25.3 Å². The molecule has 0 radical (unpaired) electrons. The molecule has 0 saturated heterocycles. The van der Waals surface area contributed by atoms with Gasteiger partial charge in [-0.15, -0.1) is 0 Å². The smallest absolute Gasteiger partial charge is 0.326 e. The van der Waals surface area contributed by atoms with E-state index >= 15 is 0 Å². The average molecular weight is 284 g/mol. The lowest BCUT2D eigenvalue weighted by molar-refractivity contribution is -0.141. The van der Waals surface area contributed by atoms with Crippen LogP contribution in [0.2, 0.25) is 0 Å². The Balaban J connectivity index is 4.03. The summed E-state index contributed by atoms with van der Waals surface area (Å²) in [6, 6.07) is -1.08. The van der Waals surface area contributed by atoms with Gasteiger partial charge < -0.3 is 16.2 Å². The number of nitrogens with two attached hydrogens (primary N) is 1. The molecule has 4 N–H and O–H groups in total. The molecule has 0 fully saturated rings. The molecule has 0 rings (SSSR count). The predicted molar refractivity (Wildman–Crippen MR) is 75.9 cm³/mol. The van der Waals surface area contributed by atoms with Gasteiger partial charge >= 0.3 is 5.97 Å². The van der Waals surface area contributed by atoms with Crippen molar-refractivity contribution in [2.75, 3.05) is 0 Å². The lowest BCUT2D eigenvalue weighted by atomic mass is 10.1. The highest BCUT2D eigenvalue weighted by molar-refractivity contribution is 5.91. The predicted octanol–water partition coefficient (Wildman–Crippen LogP) is 1.35. The van der Waals surface area contributed by atoms with E-state index in [4.69, 9.17) is 10.8 Å². The van der Waals surface area contributed by atoms with Crippen molar-refractivity contribution < 1.29 is 19.5 Å². The Morgan fingerprint density at radius 3 is 2.50 bits per heavy atom. The first kappa shape index (κ1) is 18.1. The number of carboxylic acids is 1. The normalized spacial score (nSPS) is 12.2. The number of primary amides is 1. The fraction of sp³-hybridized carbons (Fsp3) is 0.643. The summed E-state index contributed by atoms with van der Waals surface area (Å²) >= 11 is 0. The van der Waals surface area contributed by atoms with Crippen LogP contribution in [0.15, 0.2) is 12.2 Å². The first-order chi connectivity index (χ1) is 9.47. The van der Waals surface area contributed by atoms with Crippen molar-refractivity contribution in [3.05, 3.63) is 12.2 Å². The third kappa shape index (κ3) is 10.1. The second-order valence-corrected chi connectivity index (χ2v) is 4.66. The largest absolute Gasteiger partial charge is 0.480 e. The first-order valence-electron chi connectivity index (χ1n) is 6.95. The number of carboxylic acid groups (broad SMARTS) is 1. The summed E-state index contributed by atoms with van der Waals surface area (Å²) in [5, 5.41) is 11.3. The number of rotatable bonds is 11. The van der Waals surface area contributed by atoms with E-state index in [0.29, 0.717) is 0 Å². The monoisotopic (exact) mass is 284 g/mol. The van der Waals surface area contributed by atoms with Gasteiger partial charge in [-0.25, -0.2) is 4.79 Å². The molecule has 6 heteroatoms. The molecule has 0 aliphatic heterocycles. The lowest BCUT2D eigenvalue weighted by Crippen LogP contribution is -2.40. The summed E-state index contributed by atoms with van der Waals surface area (Å²) in [7, 11) is 0. The highest BCUT2D eigenvalue weighted by Crippen LogP contribution is 2.03. The van der Waals surface area contributed by atoms with Crippen molar-refractivity contribution in [2.24, 2.45) is 5.73 Å². The van der Waals surface area contributed by atoms with Crippen molar-refractivity contribution >= 4 is 17.8 Å². The second kappa shape index (κ2) is 11.0. The minimum Gasteiger partial charge on any atom is -0.480 e. The molecule has 0 aliphatic rings. The van der Waals surface area contributed by atoms with Crippen molar-refractivity contribution in [2.45, 2.75) is 57.9 Å². The zero-order valence-electron chi connectivity index (χ0n) is 11.9. The zero-order valence-corrected chi connectivity index (χ0v) is 11.9. The van der Waals surface area contributed by atoms with Crippen LogP contribution in [0.1, 0.15) is 51.9 Å².